The average molecular weight is 273 g/mol. The van der Waals surface area contributed by atoms with Crippen LogP contribution in [-0.2, 0) is 13.0 Å². The summed E-state index contributed by atoms with van der Waals surface area (Å²) in [6.07, 6.45) is 2.56. The quantitative estimate of drug-likeness (QED) is 0.924. The smallest absolute Gasteiger partial charge is 0.250 e. The standard InChI is InChI=1S/C15H16FN3O/c16-12-2-1-11-5-6-18(14(11)9-12)7-8-19-10-13(17)3-4-15(19)20/h1-4,9-10H,5-8,17H2. The fraction of sp³-hybridized carbons (Fsp3) is 0.267. The first-order chi connectivity index (χ1) is 9.63. The molecule has 0 atom stereocenters. The third-order valence-corrected chi connectivity index (χ3v) is 3.66. The second-order valence-electron chi connectivity index (χ2n) is 5.00. The molecule has 3 rings (SSSR count). The van der Waals surface area contributed by atoms with E-state index < -0.39 is 0 Å². The Labute approximate surface area is 116 Å². The van der Waals surface area contributed by atoms with Crippen LogP contribution < -0.4 is 16.2 Å². The number of nitrogen functional groups attached to an aromatic ring is 1. The number of fused-ring (bicyclic) bond motifs is 1. The molecule has 0 saturated carbocycles. The second kappa shape index (κ2) is 5.00. The van der Waals surface area contributed by atoms with Gasteiger partial charge in [0.15, 0.2) is 0 Å². The van der Waals surface area contributed by atoms with Gasteiger partial charge in [0, 0.05) is 43.3 Å². The van der Waals surface area contributed by atoms with Crippen LogP contribution in [0.2, 0.25) is 0 Å². The van der Waals surface area contributed by atoms with Crippen LogP contribution in [0.1, 0.15) is 5.56 Å². The molecule has 1 aliphatic rings. The van der Waals surface area contributed by atoms with Crippen LogP contribution in [-0.4, -0.2) is 17.7 Å². The summed E-state index contributed by atoms with van der Waals surface area (Å²) >= 11 is 0. The van der Waals surface area contributed by atoms with Gasteiger partial charge in [-0.3, -0.25) is 4.79 Å². The fourth-order valence-electron chi connectivity index (χ4n) is 2.60. The Kier molecular flexibility index (Phi) is 3.18. The molecule has 0 spiro atoms. The van der Waals surface area contributed by atoms with Gasteiger partial charge in [0.05, 0.1) is 0 Å². The van der Waals surface area contributed by atoms with Crippen molar-refractivity contribution in [2.45, 2.75) is 13.0 Å². The molecule has 2 N–H and O–H groups in total. The minimum absolute atomic E-state index is 0.0714. The highest BCUT2D eigenvalue weighted by atomic mass is 19.1. The van der Waals surface area contributed by atoms with Gasteiger partial charge in [-0.25, -0.2) is 4.39 Å². The topological polar surface area (TPSA) is 51.3 Å². The van der Waals surface area contributed by atoms with Gasteiger partial charge < -0.3 is 15.2 Å². The van der Waals surface area contributed by atoms with Crippen molar-refractivity contribution in [3.8, 4) is 0 Å². The van der Waals surface area contributed by atoms with E-state index in [-0.39, 0.29) is 11.4 Å². The van der Waals surface area contributed by atoms with Crippen molar-refractivity contribution in [2.24, 2.45) is 0 Å². The molecule has 0 fully saturated rings. The summed E-state index contributed by atoms with van der Waals surface area (Å²) in [5, 5.41) is 0. The van der Waals surface area contributed by atoms with Crippen LogP contribution in [0.5, 0.6) is 0 Å². The summed E-state index contributed by atoms with van der Waals surface area (Å²) in [6.45, 7) is 2.06. The molecular formula is C15H16FN3O. The summed E-state index contributed by atoms with van der Waals surface area (Å²) in [4.78, 5) is 13.8. The first-order valence-corrected chi connectivity index (χ1v) is 6.63. The van der Waals surface area contributed by atoms with Crippen molar-refractivity contribution in [1.29, 1.82) is 0 Å². The van der Waals surface area contributed by atoms with E-state index in [0.717, 1.165) is 24.2 Å². The van der Waals surface area contributed by atoms with E-state index in [2.05, 4.69) is 4.90 Å². The Morgan fingerprint density at radius 2 is 2.05 bits per heavy atom. The Bertz CT molecular complexity index is 696. The van der Waals surface area contributed by atoms with Crippen LogP contribution in [0.25, 0.3) is 0 Å². The number of aromatic nitrogens is 1. The number of rotatable bonds is 3. The van der Waals surface area contributed by atoms with Crippen LogP contribution in [0.15, 0.2) is 41.3 Å². The van der Waals surface area contributed by atoms with E-state index in [0.29, 0.717) is 18.8 Å². The number of hydrogen-bond acceptors (Lipinski definition) is 3. The molecule has 0 unspecified atom stereocenters. The van der Waals surface area contributed by atoms with Crippen molar-refractivity contribution >= 4 is 11.4 Å². The predicted molar refractivity (Wildman–Crippen MR) is 77.4 cm³/mol. The van der Waals surface area contributed by atoms with E-state index >= 15 is 0 Å². The third kappa shape index (κ3) is 2.39. The molecule has 5 heteroatoms. The van der Waals surface area contributed by atoms with E-state index in [1.54, 1.807) is 22.9 Å². The molecule has 1 aliphatic heterocycles. The monoisotopic (exact) mass is 273 g/mol. The van der Waals surface area contributed by atoms with Crippen molar-refractivity contribution in [3.63, 3.8) is 0 Å². The number of pyridine rings is 1. The Morgan fingerprint density at radius 3 is 2.90 bits per heavy atom. The summed E-state index contributed by atoms with van der Waals surface area (Å²) in [6, 6.07) is 7.94. The largest absolute Gasteiger partial charge is 0.398 e. The van der Waals surface area contributed by atoms with Crippen LogP contribution in [0.4, 0.5) is 15.8 Å². The lowest BCUT2D eigenvalue weighted by atomic mass is 10.2. The maximum atomic E-state index is 13.3. The Morgan fingerprint density at radius 1 is 1.20 bits per heavy atom. The third-order valence-electron chi connectivity index (χ3n) is 3.66. The summed E-state index contributed by atoms with van der Waals surface area (Å²) < 4.78 is 14.9. The molecular weight excluding hydrogens is 257 g/mol. The summed E-state index contributed by atoms with van der Waals surface area (Å²) in [7, 11) is 0. The zero-order chi connectivity index (χ0) is 14.1. The Balaban J connectivity index is 1.76. The van der Waals surface area contributed by atoms with Crippen LogP contribution >= 0.6 is 0 Å². The molecule has 0 aliphatic carbocycles. The Hall–Kier alpha value is -2.30. The van der Waals surface area contributed by atoms with Crippen molar-refractivity contribution in [3.05, 3.63) is 58.3 Å². The molecule has 4 nitrogen and oxygen atoms in total. The summed E-state index contributed by atoms with van der Waals surface area (Å²) in [5.41, 5.74) is 8.27. The first kappa shape index (κ1) is 12.7. The highest BCUT2D eigenvalue weighted by Crippen LogP contribution is 2.28. The zero-order valence-electron chi connectivity index (χ0n) is 11.1. The van der Waals surface area contributed by atoms with Gasteiger partial charge in [0.2, 0.25) is 0 Å². The lowest BCUT2D eigenvalue weighted by Gasteiger charge is -2.20. The number of halogens is 1. The molecule has 1 aromatic heterocycles. The van der Waals surface area contributed by atoms with Gasteiger partial charge >= 0.3 is 0 Å². The lowest BCUT2D eigenvalue weighted by molar-refractivity contribution is 0.624. The van der Waals surface area contributed by atoms with Gasteiger partial charge in [0.25, 0.3) is 5.56 Å². The first-order valence-electron chi connectivity index (χ1n) is 6.63. The molecule has 0 amide bonds. The molecule has 20 heavy (non-hydrogen) atoms. The highest BCUT2D eigenvalue weighted by Gasteiger charge is 2.19. The number of anilines is 2. The molecule has 2 aromatic rings. The summed E-state index contributed by atoms with van der Waals surface area (Å²) in [5.74, 6) is -0.225. The maximum absolute atomic E-state index is 13.3. The van der Waals surface area contributed by atoms with Crippen LogP contribution in [0.3, 0.4) is 0 Å². The van der Waals surface area contributed by atoms with Crippen LogP contribution in [0, 0.1) is 5.82 Å². The van der Waals surface area contributed by atoms with E-state index in [4.69, 9.17) is 5.73 Å². The van der Waals surface area contributed by atoms with Gasteiger partial charge in [0.1, 0.15) is 5.82 Å². The van der Waals surface area contributed by atoms with E-state index in [1.807, 2.05) is 6.07 Å². The van der Waals surface area contributed by atoms with Gasteiger partial charge in [-0.2, -0.15) is 0 Å². The van der Waals surface area contributed by atoms with Gasteiger partial charge in [-0.1, -0.05) is 6.07 Å². The number of benzene rings is 1. The minimum atomic E-state index is -0.225. The average Bonchev–Trinajstić information content (AvgIpc) is 2.82. The lowest BCUT2D eigenvalue weighted by Crippen LogP contribution is -2.29. The van der Waals surface area contributed by atoms with Crippen molar-refractivity contribution in [1.82, 2.24) is 4.57 Å². The second-order valence-corrected chi connectivity index (χ2v) is 5.00. The SMILES string of the molecule is Nc1ccc(=O)n(CCN2CCc3ccc(F)cc32)c1. The molecule has 1 aromatic carbocycles. The minimum Gasteiger partial charge on any atom is -0.398 e. The zero-order valence-corrected chi connectivity index (χ0v) is 11.1. The fourth-order valence-corrected chi connectivity index (χ4v) is 2.60. The number of nitrogens with zero attached hydrogens (tertiary/aromatic N) is 2. The molecule has 0 bridgehead atoms. The van der Waals surface area contributed by atoms with Crippen molar-refractivity contribution < 1.29 is 4.39 Å². The predicted octanol–water partition coefficient (Wildman–Crippen LogP) is 1.63. The number of nitrogens with two attached hydrogens (primary N) is 1. The van der Waals surface area contributed by atoms with Gasteiger partial charge in [-0.05, 0) is 30.2 Å². The van der Waals surface area contributed by atoms with Crippen molar-refractivity contribution in [2.75, 3.05) is 23.7 Å². The maximum Gasteiger partial charge on any atom is 0.250 e. The normalized spacial score (nSPS) is 13.6. The molecule has 0 saturated heterocycles. The van der Waals surface area contributed by atoms with E-state index in [9.17, 15) is 9.18 Å². The van der Waals surface area contributed by atoms with Gasteiger partial charge in [-0.15, -0.1) is 0 Å². The van der Waals surface area contributed by atoms with E-state index in [1.165, 1.54) is 12.1 Å². The molecule has 2 heterocycles. The molecule has 104 valence electrons. The molecule has 0 radical (unpaired) electrons. The highest BCUT2D eigenvalue weighted by molar-refractivity contribution is 5.58. The number of hydrogen-bond donors (Lipinski definition) is 1.